The highest BCUT2D eigenvalue weighted by Crippen LogP contribution is 2.42. The predicted octanol–water partition coefficient (Wildman–Crippen LogP) is 3.80. The molecule has 1 atom stereocenters. The van der Waals surface area contributed by atoms with Gasteiger partial charge in [-0.2, -0.15) is 0 Å². The molecule has 0 spiro atoms. The molecule has 144 valence electrons. The molecule has 0 amide bonds. The molecule has 0 saturated heterocycles. The molecule has 0 bridgehead atoms. The van der Waals surface area contributed by atoms with E-state index in [1.807, 2.05) is 55.6 Å². The maximum atomic E-state index is 12.0. The summed E-state index contributed by atoms with van der Waals surface area (Å²) in [6.45, 7) is 2.18. The normalized spacial score (nSPS) is 26.7. The number of carboxylic acids is 1. The molecule has 0 aromatic heterocycles. The van der Waals surface area contributed by atoms with Gasteiger partial charge in [-0.1, -0.05) is 60.7 Å². The maximum absolute atomic E-state index is 12.0. The van der Waals surface area contributed by atoms with Crippen molar-refractivity contribution in [2.45, 2.75) is 56.1 Å². The van der Waals surface area contributed by atoms with Crippen molar-refractivity contribution < 1.29 is 9.90 Å². The van der Waals surface area contributed by atoms with Gasteiger partial charge >= 0.3 is 5.97 Å². The van der Waals surface area contributed by atoms with E-state index in [9.17, 15) is 9.90 Å². The summed E-state index contributed by atoms with van der Waals surface area (Å²) in [4.78, 5) is 14.1. The molecule has 1 fully saturated rings. The number of nitrogens with two attached hydrogens (primary N) is 1. The van der Waals surface area contributed by atoms with Crippen molar-refractivity contribution in [3.63, 3.8) is 0 Å². The van der Waals surface area contributed by atoms with Gasteiger partial charge in [0.05, 0.1) is 0 Å². The minimum Gasteiger partial charge on any atom is -0.480 e. The van der Waals surface area contributed by atoms with Crippen LogP contribution in [0.15, 0.2) is 60.7 Å². The maximum Gasteiger partial charge on any atom is 0.321 e. The quantitative estimate of drug-likeness (QED) is 0.816. The summed E-state index contributed by atoms with van der Waals surface area (Å²) in [7, 11) is 1.95. The number of nitrogens with zero attached hydrogens (tertiary/aromatic N) is 1. The van der Waals surface area contributed by atoms with Gasteiger partial charge in [0.1, 0.15) is 6.04 Å². The van der Waals surface area contributed by atoms with E-state index >= 15 is 0 Å². The molecular weight excluding hydrogens is 336 g/mol. The van der Waals surface area contributed by atoms with Crippen molar-refractivity contribution in [3.8, 4) is 0 Å². The van der Waals surface area contributed by atoms with E-state index in [1.54, 1.807) is 0 Å². The third-order valence-electron chi connectivity index (χ3n) is 6.44. The van der Waals surface area contributed by atoms with E-state index in [4.69, 9.17) is 5.73 Å². The Hall–Kier alpha value is -2.17. The Morgan fingerprint density at radius 2 is 1.56 bits per heavy atom. The number of aliphatic carboxylic acids is 1. The Balaban J connectivity index is 1.73. The van der Waals surface area contributed by atoms with Gasteiger partial charge in [0.25, 0.3) is 0 Å². The molecule has 0 aliphatic heterocycles. The van der Waals surface area contributed by atoms with Crippen LogP contribution < -0.4 is 5.73 Å². The fourth-order valence-corrected chi connectivity index (χ4v) is 4.25. The molecule has 1 unspecified atom stereocenters. The van der Waals surface area contributed by atoms with Gasteiger partial charge in [0.15, 0.2) is 0 Å². The summed E-state index contributed by atoms with van der Waals surface area (Å²) in [5.74, 6) is -0.768. The molecule has 2 aromatic rings. The summed E-state index contributed by atoms with van der Waals surface area (Å²) in [6, 6.07) is 19.6. The number of likely N-dealkylation sites (N-methyl/N-ethyl adjacent to an activating group) is 1. The first-order valence-electron chi connectivity index (χ1n) is 9.68. The smallest absolute Gasteiger partial charge is 0.321 e. The highest BCUT2D eigenvalue weighted by atomic mass is 16.4. The van der Waals surface area contributed by atoms with Gasteiger partial charge in [-0.05, 0) is 57.2 Å². The lowest BCUT2D eigenvalue weighted by Crippen LogP contribution is -2.57. The lowest BCUT2D eigenvalue weighted by atomic mass is 9.69. The molecule has 0 heterocycles. The van der Waals surface area contributed by atoms with E-state index in [2.05, 4.69) is 24.0 Å². The van der Waals surface area contributed by atoms with Gasteiger partial charge in [-0.15, -0.1) is 0 Å². The molecular formula is C23H30N2O2. The molecule has 3 N–H and O–H groups in total. The molecule has 27 heavy (non-hydrogen) atoms. The van der Waals surface area contributed by atoms with Gasteiger partial charge in [0.2, 0.25) is 0 Å². The van der Waals surface area contributed by atoms with Gasteiger partial charge < -0.3 is 10.8 Å². The number of rotatable bonds is 6. The molecule has 1 saturated carbocycles. The van der Waals surface area contributed by atoms with Crippen LogP contribution in [0.4, 0.5) is 0 Å². The minimum absolute atomic E-state index is 0.171. The van der Waals surface area contributed by atoms with Crippen LogP contribution in [0, 0.1) is 0 Å². The molecule has 0 radical (unpaired) electrons. The summed E-state index contributed by atoms with van der Waals surface area (Å²) in [5.41, 5.74) is 8.46. The average molecular weight is 367 g/mol. The number of carbonyl (C=O) groups is 1. The van der Waals surface area contributed by atoms with Crippen molar-refractivity contribution in [2.75, 3.05) is 7.05 Å². The van der Waals surface area contributed by atoms with Crippen LogP contribution in [-0.4, -0.2) is 34.6 Å². The van der Waals surface area contributed by atoms with E-state index in [0.29, 0.717) is 6.42 Å². The van der Waals surface area contributed by atoms with E-state index in [-0.39, 0.29) is 11.1 Å². The Morgan fingerprint density at radius 1 is 1.04 bits per heavy atom. The van der Waals surface area contributed by atoms with Crippen LogP contribution in [0.3, 0.4) is 0 Å². The van der Waals surface area contributed by atoms with Crippen LogP contribution in [0.1, 0.15) is 43.7 Å². The molecule has 4 heteroatoms. The van der Waals surface area contributed by atoms with Crippen LogP contribution in [-0.2, 0) is 16.8 Å². The van der Waals surface area contributed by atoms with Crippen LogP contribution in [0.2, 0.25) is 0 Å². The van der Waals surface area contributed by atoms with Crippen molar-refractivity contribution in [1.29, 1.82) is 0 Å². The van der Waals surface area contributed by atoms with Crippen molar-refractivity contribution in [3.05, 3.63) is 71.8 Å². The first-order chi connectivity index (χ1) is 12.8. The van der Waals surface area contributed by atoms with Crippen molar-refractivity contribution in [1.82, 2.24) is 4.90 Å². The van der Waals surface area contributed by atoms with Crippen LogP contribution in [0.25, 0.3) is 0 Å². The Kier molecular flexibility index (Phi) is 5.68. The Bertz CT molecular complexity index is 752. The average Bonchev–Trinajstić information content (AvgIpc) is 2.69. The van der Waals surface area contributed by atoms with Crippen LogP contribution in [0.5, 0.6) is 0 Å². The van der Waals surface area contributed by atoms with Crippen LogP contribution >= 0.6 is 0 Å². The molecule has 1 aliphatic rings. The number of carboxylic acid groups (broad SMARTS) is 1. The molecule has 2 aromatic carbocycles. The second kappa shape index (κ2) is 7.83. The topological polar surface area (TPSA) is 66.6 Å². The fourth-order valence-electron chi connectivity index (χ4n) is 4.25. The standard InChI is InChI=1S/C23H30N2O2/c1-22(13-15-23(24,16-14-22)19-11-7-4-8-12-19)25(2)20(21(26)27)17-18-9-5-3-6-10-18/h3-12,20H,13-17,24H2,1-2H3,(H,26,27). The highest BCUT2D eigenvalue weighted by Gasteiger charge is 2.44. The zero-order valence-electron chi connectivity index (χ0n) is 16.3. The van der Waals surface area contributed by atoms with Crippen molar-refractivity contribution in [2.24, 2.45) is 5.73 Å². The second-order valence-corrected chi connectivity index (χ2v) is 8.17. The molecule has 3 rings (SSSR count). The fraction of sp³-hybridized carbons (Fsp3) is 0.435. The Labute approximate surface area is 162 Å². The van der Waals surface area contributed by atoms with Gasteiger partial charge in [-0.25, -0.2) is 0 Å². The number of hydrogen-bond donors (Lipinski definition) is 2. The van der Waals surface area contributed by atoms with E-state index in [0.717, 1.165) is 31.2 Å². The van der Waals surface area contributed by atoms with Crippen molar-refractivity contribution >= 4 is 5.97 Å². The highest BCUT2D eigenvalue weighted by molar-refractivity contribution is 5.74. The zero-order chi connectivity index (χ0) is 19.5. The first-order valence-corrected chi connectivity index (χ1v) is 9.68. The zero-order valence-corrected chi connectivity index (χ0v) is 16.3. The second-order valence-electron chi connectivity index (χ2n) is 8.17. The summed E-state index contributed by atoms with van der Waals surface area (Å²) in [6.07, 6.45) is 3.99. The molecule has 4 nitrogen and oxygen atoms in total. The lowest BCUT2D eigenvalue weighted by Gasteiger charge is -2.49. The first kappa shape index (κ1) is 19.6. The van der Waals surface area contributed by atoms with E-state index < -0.39 is 12.0 Å². The monoisotopic (exact) mass is 366 g/mol. The summed E-state index contributed by atoms with van der Waals surface area (Å²) < 4.78 is 0. The van der Waals surface area contributed by atoms with E-state index in [1.165, 1.54) is 5.56 Å². The lowest BCUT2D eigenvalue weighted by molar-refractivity contribution is -0.146. The largest absolute Gasteiger partial charge is 0.480 e. The number of hydrogen-bond acceptors (Lipinski definition) is 3. The predicted molar refractivity (Wildman–Crippen MR) is 109 cm³/mol. The summed E-state index contributed by atoms with van der Waals surface area (Å²) >= 11 is 0. The number of benzene rings is 2. The molecule has 1 aliphatic carbocycles. The van der Waals surface area contributed by atoms with Gasteiger partial charge in [-0.3, -0.25) is 9.69 Å². The third kappa shape index (κ3) is 4.23. The Morgan fingerprint density at radius 3 is 2.07 bits per heavy atom. The van der Waals surface area contributed by atoms with Gasteiger partial charge in [0, 0.05) is 11.1 Å². The SMILES string of the molecule is CN(C(Cc1ccccc1)C(=O)O)C1(C)CCC(N)(c2ccccc2)CC1. The third-order valence-corrected chi connectivity index (χ3v) is 6.44. The summed E-state index contributed by atoms with van der Waals surface area (Å²) in [5, 5.41) is 9.86. The minimum atomic E-state index is -0.768.